The topological polar surface area (TPSA) is 155 Å². The second-order valence-corrected chi connectivity index (χ2v) is 21.2. The Kier molecular flexibility index (Phi) is 54.8. The molecule has 12 heteroatoms. The highest BCUT2D eigenvalue weighted by Gasteiger charge is 2.28. The Morgan fingerprint density at radius 2 is 0.711 bits per heavy atom. The van der Waals surface area contributed by atoms with Crippen molar-refractivity contribution in [2.45, 2.75) is 264 Å². The third kappa shape index (κ3) is 55.2. The number of allylic oxidation sites excluding steroid dienone is 16. The summed E-state index contributed by atoms with van der Waals surface area (Å²) in [6, 6.07) is 0. The Balaban J connectivity index is 4.81. The minimum absolute atomic E-state index is 0.123. The lowest BCUT2D eigenvalue weighted by Crippen LogP contribution is -2.30. The lowest BCUT2D eigenvalue weighted by atomic mass is 10.1. The Morgan fingerprint density at radius 1 is 0.382 bits per heavy atom. The number of rotatable bonds is 55. The molecule has 11 nitrogen and oxygen atoms in total. The molecule has 0 aromatic carbocycles. The zero-order valence-electron chi connectivity index (χ0n) is 48.2. The van der Waals surface area contributed by atoms with Crippen LogP contribution in [-0.2, 0) is 42.2 Å². The number of aliphatic hydroxyl groups excluding tert-OH is 1. The predicted molar refractivity (Wildman–Crippen MR) is 316 cm³/mol. The van der Waals surface area contributed by atoms with E-state index in [9.17, 15) is 28.9 Å². The van der Waals surface area contributed by atoms with Crippen LogP contribution in [0.3, 0.4) is 0 Å². The van der Waals surface area contributed by atoms with Gasteiger partial charge in [-0.05, 0) is 116 Å². The fourth-order valence-electron chi connectivity index (χ4n) is 7.89. The molecule has 3 unspecified atom stereocenters. The van der Waals surface area contributed by atoms with E-state index in [1.54, 1.807) is 0 Å². The number of aliphatic hydroxyl groups is 1. The van der Waals surface area contributed by atoms with Crippen molar-refractivity contribution in [1.29, 1.82) is 0 Å². The molecule has 0 saturated heterocycles. The summed E-state index contributed by atoms with van der Waals surface area (Å²) in [7, 11) is -4.77. The van der Waals surface area contributed by atoms with Gasteiger partial charge in [-0.15, -0.1) is 0 Å². The lowest BCUT2D eigenvalue weighted by Gasteiger charge is -2.21. The number of carbonyl (C=O) groups excluding carboxylic acids is 3. The molecule has 0 spiro atoms. The first kappa shape index (κ1) is 72.4. The zero-order chi connectivity index (χ0) is 55.5. The summed E-state index contributed by atoms with van der Waals surface area (Å²) >= 11 is 0. The van der Waals surface area contributed by atoms with Crippen molar-refractivity contribution >= 4 is 25.7 Å². The molecule has 3 atom stereocenters. The van der Waals surface area contributed by atoms with Crippen molar-refractivity contribution in [1.82, 2.24) is 0 Å². The number of hydrogen-bond acceptors (Lipinski definition) is 10. The number of esters is 3. The first-order chi connectivity index (χ1) is 37.2. The summed E-state index contributed by atoms with van der Waals surface area (Å²) in [5.74, 6) is -1.52. The van der Waals surface area contributed by atoms with E-state index in [2.05, 4.69) is 118 Å². The summed E-state index contributed by atoms with van der Waals surface area (Å²) in [6.45, 7) is 4.41. The molecule has 0 aromatic heterocycles. The standard InChI is InChI=1S/C64H109O11P/c1-4-7-10-13-16-19-22-25-27-29-30-32-34-37-40-43-46-49-52-55-64(68)75-61(57-71-62(66)53-50-47-44-41-38-36-33-31-28-26-23-20-17-14-11-8-5-2)59-73-76(69,70)72-58-60(56-65)74-63(67)54-51-48-45-42-39-35-24-21-18-15-12-9-6-3/h7,10,12,15-16,19,21,24-28,30,32,37,40,60-61,65H,4-6,8-9,11,13-14,17-18,20,22-23,29,31,33-36,38-39,41-59H2,1-3H3,(H,69,70)/b10-7-,15-12-,19-16-,24-21-,27-25-,28-26-,32-30-,40-37-. The van der Waals surface area contributed by atoms with Crippen LogP contribution in [0.5, 0.6) is 0 Å². The SMILES string of the molecule is CC/C=C\C/C=C\C/C=C\C/C=C\C/C=C\CCCCCC(=O)OC(COC(=O)CCCCCCCCC/C=C\CCCCCCCC)COP(=O)(O)OCC(CO)OC(=O)CCCCCCC/C=C\C/C=C\CCC. The van der Waals surface area contributed by atoms with E-state index in [0.29, 0.717) is 19.3 Å². The van der Waals surface area contributed by atoms with Gasteiger partial charge < -0.3 is 24.2 Å². The number of unbranched alkanes of at least 4 members (excludes halogenated alkanes) is 22. The second kappa shape index (κ2) is 57.6. The molecule has 0 aromatic rings. The van der Waals surface area contributed by atoms with Crippen LogP contribution in [0.15, 0.2) is 97.2 Å². The highest BCUT2D eigenvalue weighted by molar-refractivity contribution is 7.47. The summed E-state index contributed by atoms with van der Waals surface area (Å²) in [5, 5.41) is 9.82. The van der Waals surface area contributed by atoms with Gasteiger partial charge in [-0.1, -0.05) is 214 Å². The van der Waals surface area contributed by atoms with Gasteiger partial charge in [-0.2, -0.15) is 0 Å². The van der Waals surface area contributed by atoms with Crippen molar-refractivity contribution in [2.75, 3.05) is 26.4 Å². The van der Waals surface area contributed by atoms with Gasteiger partial charge in [-0.25, -0.2) is 4.57 Å². The van der Waals surface area contributed by atoms with Gasteiger partial charge in [0, 0.05) is 19.3 Å². The third-order valence-electron chi connectivity index (χ3n) is 12.4. The second-order valence-electron chi connectivity index (χ2n) is 19.8. The highest BCUT2D eigenvalue weighted by Crippen LogP contribution is 2.43. The number of hydrogen-bond donors (Lipinski definition) is 2. The van der Waals surface area contributed by atoms with E-state index in [0.717, 1.165) is 128 Å². The number of ether oxygens (including phenoxy) is 3. The van der Waals surface area contributed by atoms with E-state index in [-0.39, 0.29) is 25.9 Å². The van der Waals surface area contributed by atoms with Crippen molar-refractivity contribution in [3.05, 3.63) is 97.2 Å². The van der Waals surface area contributed by atoms with Gasteiger partial charge in [0.25, 0.3) is 0 Å². The molecule has 2 N–H and O–H groups in total. The predicted octanol–water partition coefficient (Wildman–Crippen LogP) is 18.0. The molecule has 0 saturated carbocycles. The minimum Gasteiger partial charge on any atom is -0.462 e. The molecule has 0 aliphatic carbocycles. The number of carbonyl (C=O) groups is 3. The van der Waals surface area contributed by atoms with Gasteiger partial charge >= 0.3 is 25.7 Å². The Morgan fingerprint density at radius 3 is 1.13 bits per heavy atom. The average Bonchev–Trinajstić information content (AvgIpc) is 3.41. The molecule has 0 aliphatic rings. The van der Waals surface area contributed by atoms with Crippen LogP contribution in [0, 0.1) is 0 Å². The molecule has 76 heavy (non-hydrogen) atoms. The van der Waals surface area contributed by atoms with Gasteiger partial charge in [0.15, 0.2) is 6.10 Å². The first-order valence-electron chi connectivity index (χ1n) is 30.1. The van der Waals surface area contributed by atoms with Crippen LogP contribution in [0.1, 0.15) is 252 Å². The maximum Gasteiger partial charge on any atom is 0.472 e. The van der Waals surface area contributed by atoms with Gasteiger partial charge in [-0.3, -0.25) is 23.4 Å². The quantitative estimate of drug-likeness (QED) is 0.0197. The first-order valence-corrected chi connectivity index (χ1v) is 31.6. The monoisotopic (exact) mass is 1080 g/mol. The van der Waals surface area contributed by atoms with Crippen molar-refractivity contribution in [3.8, 4) is 0 Å². The molecule has 436 valence electrons. The van der Waals surface area contributed by atoms with Crippen molar-refractivity contribution in [3.63, 3.8) is 0 Å². The maximum atomic E-state index is 12.9. The van der Waals surface area contributed by atoms with E-state index >= 15 is 0 Å². The van der Waals surface area contributed by atoms with Crippen LogP contribution in [0.25, 0.3) is 0 Å². The molecule has 0 aliphatic heterocycles. The zero-order valence-corrected chi connectivity index (χ0v) is 49.1. The highest BCUT2D eigenvalue weighted by atomic mass is 31.2. The fourth-order valence-corrected chi connectivity index (χ4v) is 8.67. The molecule has 0 amide bonds. The van der Waals surface area contributed by atoms with Crippen LogP contribution >= 0.6 is 7.82 Å². The molecule has 0 radical (unpaired) electrons. The Hall–Kier alpha value is -3.60. The van der Waals surface area contributed by atoms with E-state index in [4.69, 9.17) is 23.3 Å². The maximum absolute atomic E-state index is 12.9. The summed E-state index contributed by atoms with van der Waals surface area (Å²) < 4.78 is 39.5. The smallest absolute Gasteiger partial charge is 0.462 e. The largest absolute Gasteiger partial charge is 0.472 e. The van der Waals surface area contributed by atoms with Crippen LogP contribution < -0.4 is 0 Å². The van der Waals surface area contributed by atoms with Gasteiger partial charge in [0.2, 0.25) is 0 Å². The molecular formula is C64H109O11P. The molecular weight excluding hydrogens is 976 g/mol. The molecule has 0 heterocycles. The average molecular weight is 1090 g/mol. The fraction of sp³-hybridized carbons (Fsp3) is 0.703. The molecule has 0 fully saturated rings. The van der Waals surface area contributed by atoms with Crippen LogP contribution in [0.4, 0.5) is 0 Å². The van der Waals surface area contributed by atoms with E-state index in [1.807, 2.05) is 0 Å². The van der Waals surface area contributed by atoms with Gasteiger partial charge in [0.05, 0.1) is 19.8 Å². The number of phosphoric acid groups is 1. The lowest BCUT2D eigenvalue weighted by molar-refractivity contribution is -0.161. The molecule has 0 bridgehead atoms. The third-order valence-corrected chi connectivity index (χ3v) is 13.4. The van der Waals surface area contributed by atoms with Crippen molar-refractivity contribution < 1.29 is 52.2 Å². The molecule has 0 rings (SSSR count). The number of phosphoric ester groups is 1. The minimum atomic E-state index is -4.77. The Labute approximate surface area is 463 Å². The van der Waals surface area contributed by atoms with Crippen molar-refractivity contribution in [2.24, 2.45) is 0 Å². The van der Waals surface area contributed by atoms with Crippen LogP contribution in [-0.4, -0.2) is 66.5 Å². The summed E-state index contributed by atoms with van der Waals surface area (Å²) in [4.78, 5) is 48.6. The van der Waals surface area contributed by atoms with Gasteiger partial charge in [0.1, 0.15) is 12.7 Å². The summed E-state index contributed by atoms with van der Waals surface area (Å²) in [6.07, 6.45) is 67.9. The van der Waals surface area contributed by atoms with E-state index in [1.165, 1.54) is 64.2 Å². The normalized spacial score (nSPS) is 14.0. The van der Waals surface area contributed by atoms with E-state index < -0.39 is 57.8 Å². The summed E-state index contributed by atoms with van der Waals surface area (Å²) in [5.41, 5.74) is 0. The van der Waals surface area contributed by atoms with Crippen LogP contribution in [0.2, 0.25) is 0 Å². The Bertz CT molecular complexity index is 1640.